The van der Waals surface area contributed by atoms with Crippen LogP contribution in [0.5, 0.6) is 0 Å². The molecule has 0 radical (unpaired) electrons. The molecule has 0 saturated heterocycles. The number of aromatic nitrogens is 3. The summed E-state index contributed by atoms with van der Waals surface area (Å²) in [4.78, 5) is 0. The van der Waals surface area contributed by atoms with Crippen LogP contribution in [0.4, 0.5) is 11.4 Å². The number of hydrogen-bond acceptors (Lipinski definition) is 5. The molecule has 0 aliphatic rings. The van der Waals surface area contributed by atoms with Crippen LogP contribution in [-0.4, -0.2) is 23.4 Å². The first-order valence-corrected chi connectivity index (χ1v) is 8.43. The van der Waals surface area contributed by atoms with Crippen molar-refractivity contribution in [1.82, 2.24) is 15.0 Å². The zero-order chi connectivity index (χ0) is 15.1. The van der Waals surface area contributed by atoms with Gasteiger partial charge in [0.05, 0.1) is 5.69 Å². The van der Waals surface area contributed by atoms with Crippen LogP contribution in [0.1, 0.15) is 5.56 Å². The standard InChI is InChI=1S/C10H11Br2N5O2S/c1-5-3-6(11)8(4-7(5)13)15-20(18,19)10-9(12)14-16-17(10)2/h3-4,15H,13H2,1-2H3. The van der Waals surface area contributed by atoms with Gasteiger partial charge in [0.15, 0.2) is 4.60 Å². The van der Waals surface area contributed by atoms with E-state index in [-0.39, 0.29) is 9.63 Å². The normalized spacial score (nSPS) is 11.6. The number of nitrogens with two attached hydrogens (primary N) is 1. The van der Waals surface area contributed by atoms with Gasteiger partial charge >= 0.3 is 0 Å². The molecule has 3 N–H and O–H groups in total. The summed E-state index contributed by atoms with van der Waals surface area (Å²) in [5.74, 6) is 0. The Balaban J connectivity index is 2.47. The van der Waals surface area contributed by atoms with Crippen LogP contribution in [0.25, 0.3) is 0 Å². The summed E-state index contributed by atoms with van der Waals surface area (Å²) >= 11 is 6.36. The number of rotatable bonds is 3. The van der Waals surface area contributed by atoms with E-state index in [2.05, 4.69) is 46.9 Å². The van der Waals surface area contributed by atoms with E-state index in [4.69, 9.17) is 5.73 Å². The Kier molecular flexibility index (Phi) is 4.07. The van der Waals surface area contributed by atoms with Crippen LogP contribution >= 0.6 is 31.9 Å². The Bertz CT molecular complexity index is 753. The average molecular weight is 425 g/mol. The van der Waals surface area contributed by atoms with Gasteiger partial charge in [0.1, 0.15) is 0 Å². The number of halogens is 2. The highest BCUT2D eigenvalue weighted by Crippen LogP contribution is 2.30. The molecule has 7 nitrogen and oxygen atoms in total. The largest absolute Gasteiger partial charge is 0.398 e. The van der Waals surface area contributed by atoms with Crippen molar-refractivity contribution in [2.24, 2.45) is 7.05 Å². The van der Waals surface area contributed by atoms with Gasteiger partial charge in [0, 0.05) is 17.2 Å². The van der Waals surface area contributed by atoms with Crippen LogP contribution in [-0.2, 0) is 17.1 Å². The van der Waals surface area contributed by atoms with Crippen LogP contribution in [0.2, 0.25) is 0 Å². The van der Waals surface area contributed by atoms with Crippen LogP contribution in [0, 0.1) is 6.92 Å². The molecule has 0 aliphatic carbocycles. The predicted octanol–water partition coefficient (Wildman–Crippen LogP) is 2.03. The molecule has 20 heavy (non-hydrogen) atoms. The second-order valence-corrected chi connectivity index (χ2v) is 7.31. The Morgan fingerprint density at radius 1 is 1.35 bits per heavy atom. The summed E-state index contributed by atoms with van der Waals surface area (Å²) in [6.07, 6.45) is 0. The van der Waals surface area contributed by atoms with E-state index in [0.717, 1.165) is 10.2 Å². The Hall–Kier alpha value is -1.13. The van der Waals surface area contributed by atoms with Crippen molar-refractivity contribution in [2.45, 2.75) is 11.9 Å². The number of hydrogen-bond donors (Lipinski definition) is 2. The number of nitrogen functional groups attached to an aromatic ring is 1. The van der Waals surface area contributed by atoms with Crippen molar-refractivity contribution in [3.05, 3.63) is 26.8 Å². The lowest BCUT2D eigenvalue weighted by Gasteiger charge is -2.11. The zero-order valence-corrected chi connectivity index (χ0v) is 14.5. The Morgan fingerprint density at radius 3 is 2.55 bits per heavy atom. The highest BCUT2D eigenvalue weighted by Gasteiger charge is 2.24. The minimum Gasteiger partial charge on any atom is -0.398 e. The van der Waals surface area contributed by atoms with E-state index in [1.807, 2.05) is 6.92 Å². The maximum Gasteiger partial charge on any atom is 0.281 e. The van der Waals surface area contributed by atoms with E-state index in [9.17, 15) is 8.42 Å². The van der Waals surface area contributed by atoms with E-state index >= 15 is 0 Å². The fourth-order valence-electron chi connectivity index (χ4n) is 1.57. The van der Waals surface area contributed by atoms with Gasteiger partial charge in [-0.1, -0.05) is 5.21 Å². The van der Waals surface area contributed by atoms with Gasteiger partial charge in [-0.05, 0) is 56.5 Å². The number of benzene rings is 1. The third kappa shape index (κ3) is 2.81. The molecule has 0 spiro atoms. The molecule has 0 bridgehead atoms. The van der Waals surface area contributed by atoms with Gasteiger partial charge < -0.3 is 5.73 Å². The highest BCUT2D eigenvalue weighted by atomic mass is 79.9. The first kappa shape index (κ1) is 15.3. The van der Waals surface area contributed by atoms with Crippen LogP contribution in [0.3, 0.4) is 0 Å². The third-order valence-corrected chi connectivity index (χ3v) is 5.50. The molecule has 2 aromatic rings. The smallest absolute Gasteiger partial charge is 0.281 e. The molecule has 1 heterocycles. The van der Waals surface area contributed by atoms with Crippen molar-refractivity contribution < 1.29 is 8.42 Å². The summed E-state index contributed by atoms with van der Waals surface area (Å²) in [5.41, 5.74) is 7.48. The first-order chi connectivity index (χ1) is 9.22. The minimum absolute atomic E-state index is 0.0662. The number of aryl methyl sites for hydroxylation is 2. The van der Waals surface area contributed by atoms with Crippen molar-refractivity contribution in [3.63, 3.8) is 0 Å². The zero-order valence-electron chi connectivity index (χ0n) is 10.6. The highest BCUT2D eigenvalue weighted by molar-refractivity contribution is 9.10. The summed E-state index contributed by atoms with van der Waals surface area (Å²) < 4.78 is 29.1. The molecule has 0 saturated carbocycles. The fourth-order valence-corrected chi connectivity index (χ4v) is 4.43. The minimum atomic E-state index is -3.83. The Labute approximate surface area is 132 Å². The molecule has 2 rings (SSSR count). The van der Waals surface area contributed by atoms with Crippen molar-refractivity contribution in [2.75, 3.05) is 10.5 Å². The molecule has 10 heteroatoms. The fraction of sp³-hybridized carbons (Fsp3) is 0.200. The van der Waals surface area contributed by atoms with E-state index in [1.165, 1.54) is 7.05 Å². The molecule has 0 amide bonds. The van der Waals surface area contributed by atoms with Crippen molar-refractivity contribution in [3.8, 4) is 0 Å². The molecule has 0 atom stereocenters. The van der Waals surface area contributed by atoms with Gasteiger partial charge in [-0.15, -0.1) is 5.10 Å². The van der Waals surface area contributed by atoms with E-state index in [0.29, 0.717) is 15.8 Å². The number of anilines is 2. The Morgan fingerprint density at radius 2 is 2.00 bits per heavy atom. The van der Waals surface area contributed by atoms with Crippen LogP contribution in [0.15, 0.2) is 26.2 Å². The van der Waals surface area contributed by atoms with Gasteiger partial charge in [-0.25, -0.2) is 4.68 Å². The monoisotopic (exact) mass is 423 g/mol. The average Bonchev–Trinajstić information content (AvgIpc) is 2.66. The van der Waals surface area contributed by atoms with Crippen LogP contribution < -0.4 is 10.5 Å². The lowest BCUT2D eigenvalue weighted by molar-refractivity contribution is 0.578. The summed E-state index contributed by atoms with van der Waals surface area (Å²) in [5, 5.41) is 7.23. The van der Waals surface area contributed by atoms with Gasteiger partial charge in [-0.2, -0.15) is 8.42 Å². The second kappa shape index (κ2) is 5.34. The molecule has 108 valence electrons. The second-order valence-electron chi connectivity index (χ2n) is 4.10. The molecule has 0 unspecified atom stereocenters. The van der Waals surface area contributed by atoms with Gasteiger partial charge in [0.25, 0.3) is 10.0 Å². The van der Waals surface area contributed by atoms with Gasteiger partial charge in [0.2, 0.25) is 5.03 Å². The van der Waals surface area contributed by atoms with Gasteiger partial charge in [-0.3, -0.25) is 4.72 Å². The summed E-state index contributed by atoms with van der Waals surface area (Å²) in [6, 6.07) is 3.29. The first-order valence-electron chi connectivity index (χ1n) is 5.36. The maximum atomic E-state index is 12.3. The van der Waals surface area contributed by atoms with Crippen molar-refractivity contribution in [1.29, 1.82) is 0 Å². The molecule has 1 aromatic heterocycles. The predicted molar refractivity (Wildman–Crippen MR) is 82.8 cm³/mol. The summed E-state index contributed by atoms with van der Waals surface area (Å²) in [7, 11) is -2.34. The topological polar surface area (TPSA) is 103 Å². The maximum absolute atomic E-state index is 12.3. The number of nitrogens with zero attached hydrogens (tertiary/aromatic N) is 3. The molecule has 0 fully saturated rings. The molecular formula is C10H11Br2N5O2S. The van der Waals surface area contributed by atoms with E-state index in [1.54, 1.807) is 12.1 Å². The lowest BCUT2D eigenvalue weighted by Crippen LogP contribution is -2.17. The summed E-state index contributed by atoms with van der Waals surface area (Å²) in [6.45, 7) is 1.83. The lowest BCUT2D eigenvalue weighted by atomic mass is 10.2. The number of nitrogens with one attached hydrogen (secondary N) is 1. The molecular weight excluding hydrogens is 414 g/mol. The molecule has 1 aromatic carbocycles. The molecule has 0 aliphatic heterocycles. The van der Waals surface area contributed by atoms with E-state index < -0.39 is 10.0 Å². The number of sulfonamides is 1. The quantitative estimate of drug-likeness (QED) is 0.733. The third-order valence-electron chi connectivity index (χ3n) is 2.59. The SMILES string of the molecule is Cc1cc(Br)c(NS(=O)(=O)c2c(Br)nnn2C)cc1N. The van der Waals surface area contributed by atoms with Crippen molar-refractivity contribution >= 4 is 53.3 Å².